The first kappa shape index (κ1) is 15.3. The van der Waals surface area contributed by atoms with Crippen LogP contribution in [0.1, 0.15) is 17.0 Å². The van der Waals surface area contributed by atoms with E-state index >= 15 is 0 Å². The second-order valence-corrected chi connectivity index (χ2v) is 5.55. The smallest absolute Gasteiger partial charge is 0.133 e. The zero-order chi connectivity index (χ0) is 16.2. The number of aryl methyl sites for hydroxylation is 1. The predicted octanol–water partition coefficient (Wildman–Crippen LogP) is 2.81. The molecule has 0 N–H and O–H groups in total. The van der Waals surface area contributed by atoms with E-state index in [1.54, 1.807) is 13.3 Å². The largest absolute Gasteiger partial charge is 0.497 e. The summed E-state index contributed by atoms with van der Waals surface area (Å²) in [5.41, 5.74) is 3.10. The van der Waals surface area contributed by atoms with Gasteiger partial charge in [-0.05, 0) is 43.8 Å². The zero-order valence-corrected chi connectivity index (χ0v) is 13.6. The van der Waals surface area contributed by atoms with E-state index in [2.05, 4.69) is 22.2 Å². The van der Waals surface area contributed by atoms with Crippen molar-refractivity contribution < 1.29 is 9.26 Å². The lowest BCUT2D eigenvalue weighted by Gasteiger charge is -2.18. The van der Waals surface area contributed by atoms with Crippen LogP contribution < -0.4 is 4.74 Å². The molecule has 0 fully saturated rings. The van der Waals surface area contributed by atoms with Gasteiger partial charge in [0, 0.05) is 31.5 Å². The number of hydrogen-bond acceptors (Lipinski definition) is 5. The van der Waals surface area contributed by atoms with Crippen LogP contribution in [0.5, 0.6) is 5.75 Å². The monoisotopic (exact) mass is 312 g/mol. The molecule has 0 bridgehead atoms. The van der Waals surface area contributed by atoms with E-state index in [1.807, 2.05) is 48.1 Å². The Morgan fingerprint density at radius 1 is 1.26 bits per heavy atom. The molecule has 0 unspecified atom stereocenters. The van der Waals surface area contributed by atoms with E-state index in [0.717, 1.165) is 35.0 Å². The van der Waals surface area contributed by atoms with Crippen LogP contribution in [0.25, 0.3) is 5.69 Å². The highest BCUT2D eigenvalue weighted by atomic mass is 16.5. The molecule has 0 aliphatic heterocycles. The maximum absolute atomic E-state index is 5.35. The van der Waals surface area contributed by atoms with Crippen molar-refractivity contribution in [2.45, 2.75) is 20.0 Å². The van der Waals surface area contributed by atoms with Crippen LogP contribution in [0, 0.1) is 6.92 Å². The lowest BCUT2D eigenvalue weighted by atomic mass is 10.1. The summed E-state index contributed by atoms with van der Waals surface area (Å²) in [5.74, 6) is 1.66. The number of hydrogen-bond donors (Lipinski definition) is 0. The van der Waals surface area contributed by atoms with E-state index < -0.39 is 0 Å². The molecule has 0 radical (unpaired) electrons. The van der Waals surface area contributed by atoms with Crippen molar-refractivity contribution in [3.05, 3.63) is 59.7 Å². The van der Waals surface area contributed by atoms with Crippen molar-refractivity contribution >= 4 is 0 Å². The van der Waals surface area contributed by atoms with E-state index in [-0.39, 0.29) is 0 Å². The van der Waals surface area contributed by atoms with Crippen LogP contribution in [-0.2, 0) is 13.1 Å². The molecular weight excluding hydrogens is 292 g/mol. The molecule has 0 aliphatic rings. The highest BCUT2D eigenvalue weighted by molar-refractivity contribution is 5.45. The molecule has 0 spiro atoms. The van der Waals surface area contributed by atoms with Crippen molar-refractivity contribution in [3.63, 3.8) is 0 Å². The minimum Gasteiger partial charge on any atom is -0.497 e. The van der Waals surface area contributed by atoms with Crippen LogP contribution >= 0.6 is 0 Å². The minimum atomic E-state index is 0.715. The SMILES string of the molecule is COc1ccc(-n2cccn2)c(CN(C)Cc2cc(C)on2)c1. The molecule has 0 aliphatic carbocycles. The third-order valence-electron chi connectivity index (χ3n) is 3.59. The first-order valence-electron chi connectivity index (χ1n) is 7.43. The maximum Gasteiger partial charge on any atom is 0.133 e. The average molecular weight is 312 g/mol. The number of ether oxygens (including phenoxy) is 1. The Labute approximate surface area is 135 Å². The van der Waals surface area contributed by atoms with E-state index in [4.69, 9.17) is 9.26 Å². The second kappa shape index (κ2) is 6.66. The first-order chi connectivity index (χ1) is 11.2. The Hall–Kier alpha value is -2.60. The highest BCUT2D eigenvalue weighted by Crippen LogP contribution is 2.22. The van der Waals surface area contributed by atoms with Gasteiger partial charge in [-0.15, -0.1) is 0 Å². The lowest BCUT2D eigenvalue weighted by molar-refractivity contribution is 0.301. The lowest BCUT2D eigenvalue weighted by Crippen LogP contribution is -2.19. The summed E-state index contributed by atoms with van der Waals surface area (Å²) >= 11 is 0. The van der Waals surface area contributed by atoms with Crippen molar-refractivity contribution in [3.8, 4) is 11.4 Å². The number of rotatable bonds is 6. The maximum atomic E-state index is 5.35. The Morgan fingerprint density at radius 3 is 2.78 bits per heavy atom. The quantitative estimate of drug-likeness (QED) is 0.700. The van der Waals surface area contributed by atoms with Gasteiger partial charge in [-0.1, -0.05) is 5.16 Å². The molecule has 120 valence electrons. The first-order valence-corrected chi connectivity index (χ1v) is 7.43. The van der Waals surface area contributed by atoms with Crippen LogP contribution in [0.4, 0.5) is 0 Å². The highest BCUT2D eigenvalue weighted by Gasteiger charge is 2.11. The van der Waals surface area contributed by atoms with E-state index in [9.17, 15) is 0 Å². The Morgan fingerprint density at radius 2 is 2.13 bits per heavy atom. The van der Waals surface area contributed by atoms with E-state index in [1.165, 1.54) is 0 Å². The zero-order valence-electron chi connectivity index (χ0n) is 13.6. The van der Waals surface area contributed by atoms with Gasteiger partial charge in [-0.3, -0.25) is 4.90 Å². The molecule has 0 saturated carbocycles. The van der Waals surface area contributed by atoms with Gasteiger partial charge in [0.1, 0.15) is 11.5 Å². The van der Waals surface area contributed by atoms with Gasteiger partial charge in [-0.2, -0.15) is 5.10 Å². The number of methoxy groups -OCH3 is 1. The summed E-state index contributed by atoms with van der Waals surface area (Å²) in [6.07, 6.45) is 3.71. The van der Waals surface area contributed by atoms with Gasteiger partial charge < -0.3 is 9.26 Å². The van der Waals surface area contributed by atoms with Gasteiger partial charge in [-0.25, -0.2) is 4.68 Å². The van der Waals surface area contributed by atoms with Crippen LogP contribution in [0.3, 0.4) is 0 Å². The van der Waals surface area contributed by atoms with Crippen LogP contribution in [0.2, 0.25) is 0 Å². The standard InChI is InChI=1S/C17H20N4O2/c1-13-9-15(19-23-13)12-20(2)11-14-10-16(22-3)5-6-17(14)21-8-4-7-18-21/h4-10H,11-12H2,1-3H3. The summed E-state index contributed by atoms with van der Waals surface area (Å²) in [7, 11) is 3.73. The molecule has 3 aromatic rings. The topological polar surface area (TPSA) is 56.3 Å². The molecule has 0 amide bonds. The Balaban J connectivity index is 1.82. The molecule has 2 heterocycles. The van der Waals surface area contributed by atoms with Gasteiger partial charge in [0.2, 0.25) is 0 Å². The van der Waals surface area contributed by atoms with Gasteiger partial charge in [0.25, 0.3) is 0 Å². The Kier molecular flexibility index (Phi) is 4.43. The number of benzene rings is 1. The molecule has 23 heavy (non-hydrogen) atoms. The van der Waals surface area contributed by atoms with E-state index in [0.29, 0.717) is 6.54 Å². The fourth-order valence-corrected chi connectivity index (χ4v) is 2.57. The average Bonchev–Trinajstić information content (AvgIpc) is 3.19. The number of aromatic nitrogens is 3. The molecule has 0 saturated heterocycles. The molecule has 0 atom stereocenters. The predicted molar refractivity (Wildman–Crippen MR) is 86.5 cm³/mol. The summed E-state index contributed by atoms with van der Waals surface area (Å²) < 4.78 is 12.3. The summed E-state index contributed by atoms with van der Waals surface area (Å²) in [4.78, 5) is 2.18. The minimum absolute atomic E-state index is 0.715. The fraction of sp³-hybridized carbons (Fsp3) is 0.294. The Bertz CT molecular complexity index is 765. The van der Waals surface area contributed by atoms with Gasteiger partial charge in [0.15, 0.2) is 0 Å². The summed E-state index contributed by atoms with van der Waals surface area (Å²) in [5, 5.41) is 8.37. The summed E-state index contributed by atoms with van der Waals surface area (Å²) in [6, 6.07) is 9.88. The molecular formula is C17H20N4O2. The van der Waals surface area contributed by atoms with Crippen LogP contribution in [-0.4, -0.2) is 34.0 Å². The van der Waals surface area contributed by atoms with Crippen molar-refractivity contribution in [1.82, 2.24) is 19.8 Å². The third-order valence-corrected chi connectivity index (χ3v) is 3.59. The number of nitrogens with zero attached hydrogens (tertiary/aromatic N) is 4. The van der Waals surface area contributed by atoms with Crippen molar-refractivity contribution in [2.75, 3.05) is 14.2 Å². The second-order valence-electron chi connectivity index (χ2n) is 5.55. The fourth-order valence-electron chi connectivity index (χ4n) is 2.57. The molecule has 2 aromatic heterocycles. The van der Waals surface area contributed by atoms with Gasteiger partial charge in [0.05, 0.1) is 18.5 Å². The molecule has 6 nitrogen and oxygen atoms in total. The molecule has 6 heteroatoms. The van der Waals surface area contributed by atoms with Crippen LogP contribution in [0.15, 0.2) is 47.2 Å². The normalized spacial score (nSPS) is 11.1. The third kappa shape index (κ3) is 3.60. The van der Waals surface area contributed by atoms with Gasteiger partial charge >= 0.3 is 0 Å². The molecule has 3 rings (SSSR count). The molecule has 1 aromatic carbocycles. The van der Waals surface area contributed by atoms with Crippen molar-refractivity contribution in [2.24, 2.45) is 0 Å². The summed E-state index contributed by atoms with van der Waals surface area (Å²) in [6.45, 7) is 3.36. The van der Waals surface area contributed by atoms with Crippen molar-refractivity contribution in [1.29, 1.82) is 0 Å².